The molecule has 0 radical (unpaired) electrons. The minimum atomic E-state index is -0.517. The van der Waals surface area contributed by atoms with Crippen LogP contribution < -0.4 is 14.8 Å². The van der Waals surface area contributed by atoms with Crippen LogP contribution in [0, 0.1) is 0 Å². The number of fused-ring (bicyclic) bond motifs is 2. The van der Waals surface area contributed by atoms with Crippen LogP contribution in [0.25, 0.3) is 0 Å². The molecule has 2 aliphatic rings. The maximum atomic E-state index is 12.9. The zero-order valence-electron chi connectivity index (χ0n) is 16.8. The predicted molar refractivity (Wildman–Crippen MR) is 110 cm³/mol. The molecule has 2 aromatic carbocycles. The highest BCUT2D eigenvalue weighted by Gasteiger charge is 2.26. The molecule has 0 aliphatic heterocycles. The first kappa shape index (κ1) is 18.9. The SMILES string of the molecule is COc1ccc2c(c1)CCC[C@@H]2NC(=O)[C@@H](C)Oc1cccc2c1CCCC2. The van der Waals surface area contributed by atoms with Crippen molar-refractivity contribution in [3.05, 3.63) is 58.7 Å². The van der Waals surface area contributed by atoms with Gasteiger partial charge in [0.05, 0.1) is 13.2 Å². The number of amides is 1. The first-order chi connectivity index (χ1) is 13.7. The van der Waals surface area contributed by atoms with Crippen molar-refractivity contribution in [2.45, 2.75) is 64.0 Å². The Balaban J connectivity index is 1.45. The van der Waals surface area contributed by atoms with Crippen LogP contribution in [0.2, 0.25) is 0 Å². The van der Waals surface area contributed by atoms with Crippen molar-refractivity contribution >= 4 is 5.91 Å². The van der Waals surface area contributed by atoms with Crippen LogP contribution >= 0.6 is 0 Å². The zero-order chi connectivity index (χ0) is 19.5. The molecule has 2 aliphatic carbocycles. The van der Waals surface area contributed by atoms with E-state index in [4.69, 9.17) is 9.47 Å². The van der Waals surface area contributed by atoms with Crippen molar-refractivity contribution in [2.24, 2.45) is 0 Å². The molecule has 0 fully saturated rings. The largest absolute Gasteiger partial charge is 0.497 e. The Hall–Kier alpha value is -2.49. The average molecular weight is 380 g/mol. The molecule has 0 spiro atoms. The molecule has 0 unspecified atom stereocenters. The lowest BCUT2D eigenvalue weighted by Crippen LogP contribution is -2.39. The summed E-state index contributed by atoms with van der Waals surface area (Å²) in [4.78, 5) is 12.9. The molecular weight excluding hydrogens is 350 g/mol. The van der Waals surface area contributed by atoms with Gasteiger partial charge in [-0.1, -0.05) is 18.2 Å². The summed E-state index contributed by atoms with van der Waals surface area (Å²) in [6, 6.07) is 12.4. The topological polar surface area (TPSA) is 47.6 Å². The highest BCUT2D eigenvalue weighted by molar-refractivity contribution is 5.81. The van der Waals surface area contributed by atoms with Gasteiger partial charge in [-0.2, -0.15) is 0 Å². The third-order valence-corrected chi connectivity index (χ3v) is 6.01. The summed E-state index contributed by atoms with van der Waals surface area (Å²) in [5, 5.41) is 3.21. The molecule has 2 atom stereocenters. The van der Waals surface area contributed by atoms with Crippen molar-refractivity contribution in [1.29, 1.82) is 0 Å². The normalized spacial score (nSPS) is 19.1. The Morgan fingerprint density at radius 3 is 2.75 bits per heavy atom. The second-order valence-corrected chi connectivity index (χ2v) is 7.88. The summed E-state index contributed by atoms with van der Waals surface area (Å²) < 4.78 is 11.4. The summed E-state index contributed by atoms with van der Waals surface area (Å²) in [6.45, 7) is 1.84. The highest BCUT2D eigenvalue weighted by Crippen LogP contribution is 2.33. The molecule has 2 aromatic rings. The van der Waals surface area contributed by atoms with Crippen LogP contribution in [0.15, 0.2) is 36.4 Å². The number of methoxy groups -OCH3 is 1. The molecular formula is C24H29NO3. The lowest BCUT2D eigenvalue weighted by atomic mass is 9.87. The monoisotopic (exact) mass is 379 g/mol. The number of benzene rings is 2. The molecule has 28 heavy (non-hydrogen) atoms. The van der Waals surface area contributed by atoms with Gasteiger partial charge in [-0.05, 0) is 92.3 Å². The van der Waals surface area contributed by atoms with Crippen molar-refractivity contribution in [2.75, 3.05) is 7.11 Å². The fourth-order valence-electron chi connectivity index (χ4n) is 4.46. The van der Waals surface area contributed by atoms with Crippen LogP contribution in [0.1, 0.15) is 60.9 Å². The van der Waals surface area contributed by atoms with Crippen LogP contribution in [-0.2, 0) is 24.1 Å². The van der Waals surface area contributed by atoms with Gasteiger partial charge in [0.15, 0.2) is 6.10 Å². The fourth-order valence-corrected chi connectivity index (χ4v) is 4.46. The Morgan fingerprint density at radius 2 is 1.89 bits per heavy atom. The van der Waals surface area contributed by atoms with Gasteiger partial charge in [0.1, 0.15) is 11.5 Å². The quantitative estimate of drug-likeness (QED) is 0.830. The number of hydrogen-bond acceptors (Lipinski definition) is 3. The first-order valence-corrected chi connectivity index (χ1v) is 10.4. The summed E-state index contributed by atoms with van der Waals surface area (Å²) in [5.74, 6) is 1.69. The summed E-state index contributed by atoms with van der Waals surface area (Å²) >= 11 is 0. The van der Waals surface area contributed by atoms with Gasteiger partial charge in [-0.3, -0.25) is 4.79 Å². The lowest BCUT2D eigenvalue weighted by Gasteiger charge is -2.28. The lowest BCUT2D eigenvalue weighted by molar-refractivity contribution is -0.128. The predicted octanol–water partition coefficient (Wildman–Crippen LogP) is 4.54. The Bertz CT molecular complexity index is 861. The van der Waals surface area contributed by atoms with E-state index in [1.807, 2.05) is 25.1 Å². The van der Waals surface area contributed by atoms with E-state index in [0.717, 1.165) is 43.6 Å². The molecule has 4 rings (SSSR count). The standard InChI is InChI=1S/C24H29NO3/c1-16(28-23-12-6-8-17-7-3-4-10-21(17)23)24(26)25-22-11-5-9-18-15-19(27-2)13-14-20(18)22/h6,8,12-16,22H,3-5,7,9-11H2,1-2H3,(H,25,26)/t16-,22+/m1/s1. The number of hydrogen-bond donors (Lipinski definition) is 1. The van der Waals surface area contributed by atoms with E-state index in [1.165, 1.54) is 35.1 Å². The van der Waals surface area contributed by atoms with Crippen LogP contribution in [0.3, 0.4) is 0 Å². The Kier molecular flexibility index (Phi) is 5.56. The van der Waals surface area contributed by atoms with E-state index >= 15 is 0 Å². The molecule has 4 heteroatoms. The van der Waals surface area contributed by atoms with Crippen molar-refractivity contribution in [3.8, 4) is 11.5 Å². The maximum Gasteiger partial charge on any atom is 0.261 e. The molecule has 148 valence electrons. The van der Waals surface area contributed by atoms with E-state index in [0.29, 0.717) is 0 Å². The maximum absolute atomic E-state index is 12.9. The summed E-state index contributed by atoms with van der Waals surface area (Å²) in [6.07, 6.45) is 7.10. The van der Waals surface area contributed by atoms with Crippen LogP contribution in [0.4, 0.5) is 0 Å². The first-order valence-electron chi connectivity index (χ1n) is 10.4. The van der Waals surface area contributed by atoms with Crippen LogP contribution in [-0.4, -0.2) is 19.1 Å². The van der Waals surface area contributed by atoms with E-state index in [1.54, 1.807) is 7.11 Å². The molecule has 0 aromatic heterocycles. The van der Waals surface area contributed by atoms with Gasteiger partial charge in [-0.15, -0.1) is 0 Å². The number of aryl methyl sites for hydroxylation is 2. The van der Waals surface area contributed by atoms with Gasteiger partial charge in [0.25, 0.3) is 5.91 Å². The molecule has 0 saturated heterocycles. The second-order valence-electron chi connectivity index (χ2n) is 7.88. The smallest absolute Gasteiger partial charge is 0.261 e. The summed E-state index contributed by atoms with van der Waals surface area (Å²) in [7, 11) is 1.69. The number of rotatable bonds is 5. The number of ether oxygens (including phenoxy) is 2. The van der Waals surface area contributed by atoms with Gasteiger partial charge in [0.2, 0.25) is 0 Å². The number of carbonyl (C=O) groups excluding carboxylic acids is 1. The van der Waals surface area contributed by atoms with E-state index in [2.05, 4.69) is 23.5 Å². The second kappa shape index (κ2) is 8.26. The zero-order valence-corrected chi connectivity index (χ0v) is 16.8. The minimum Gasteiger partial charge on any atom is -0.497 e. The van der Waals surface area contributed by atoms with Crippen molar-refractivity contribution in [3.63, 3.8) is 0 Å². The summed E-state index contributed by atoms with van der Waals surface area (Å²) in [5.41, 5.74) is 5.11. The molecule has 0 saturated carbocycles. The van der Waals surface area contributed by atoms with Crippen molar-refractivity contribution < 1.29 is 14.3 Å². The highest BCUT2D eigenvalue weighted by atomic mass is 16.5. The molecule has 0 heterocycles. The minimum absolute atomic E-state index is 0.0397. The molecule has 1 N–H and O–H groups in total. The third-order valence-electron chi connectivity index (χ3n) is 6.01. The van der Waals surface area contributed by atoms with E-state index in [-0.39, 0.29) is 11.9 Å². The van der Waals surface area contributed by atoms with E-state index < -0.39 is 6.10 Å². The Labute approximate surface area is 167 Å². The Morgan fingerprint density at radius 1 is 1.07 bits per heavy atom. The van der Waals surface area contributed by atoms with Crippen molar-refractivity contribution in [1.82, 2.24) is 5.32 Å². The number of nitrogens with one attached hydrogen (secondary N) is 1. The van der Waals surface area contributed by atoms with Gasteiger partial charge in [0, 0.05) is 0 Å². The van der Waals surface area contributed by atoms with Gasteiger partial charge < -0.3 is 14.8 Å². The molecule has 1 amide bonds. The van der Waals surface area contributed by atoms with Crippen LogP contribution in [0.5, 0.6) is 11.5 Å². The van der Waals surface area contributed by atoms with Gasteiger partial charge >= 0.3 is 0 Å². The molecule has 0 bridgehead atoms. The van der Waals surface area contributed by atoms with Gasteiger partial charge in [-0.25, -0.2) is 0 Å². The molecule has 4 nitrogen and oxygen atoms in total. The average Bonchev–Trinajstić information content (AvgIpc) is 2.73. The van der Waals surface area contributed by atoms with E-state index in [9.17, 15) is 4.79 Å². The fraction of sp³-hybridized carbons (Fsp3) is 0.458. The number of carbonyl (C=O) groups is 1. The third kappa shape index (κ3) is 3.87.